The predicted octanol–water partition coefficient (Wildman–Crippen LogP) is 4.31. The zero-order chi connectivity index (χ0) is 20.9. The minimum absolute atomic E-state index is 0.500. The van der Waals surface area contributed by atoms with Gasteiger partial charge in [0.25, 0.3) is 0 Å². The number of hydrogen-bond acceptors (Lipinski definition) is 7. The average Bonchev–Trinajstić information content (AvgIpc) is 3.11. The molecule has 0 radical (unpaired) electrons. The van der Waals surface area contributed by atoms with Crippen molar-refractivity contribution in [1.29, 1.82) is 0 Å². The maximum Gasteiger partial charge on any atom is 0.128 e. The number of benzene rings is 1. The number of piperidine rings is 1. The molecule has 2 aromatic heterocycles. The number of rotatable bonds is 4. The normalized spacial score (nSPS) is 14.9. The van der Waals surface area contributed by atoms with Gasteiger partial charge in [0.1, 0.15) is 10.8 Å². The molecule has 0 aliphatic carbocycles. The zero-order valence-corrected chi connectivity index (χ0v) is 18.3. The highest BCUT2D eigenvalue weighted by Crippen LogP contribution is 2.35. The van der Waals surface area contributed by atoms with Gasteiger partial charge in [-0.05, 0) is 64.9 Å². The molecule has 1 saturated heterocycles. The summed E-state index contributed by atoms with van der Waals surface area (Å²) in [6.45, 7) is 7.37. The number of nitrogens with zero attached hydrogens (tertiary/aromatic N) is 2. The van der Waals surface area contributed by atoms with Crippen LogP contribution in [0.4, 0.5) is 5.69 Å². The third kappa shape index (κ3) is 6.39. The van der Waals surface area contributed by atoms with Crippen LogP contribution >= 0.6 is 11.3 Å². The van der Waals surface area contributed by atoms with Crippen molar-refractivity contribution in [2.24, 2.45) is 0 Å². The van der Waals surface area contributed by atoms with Crippen LogP contribution in [0.1, 0.15) is 33.6 Å². The van der Waals surface area contributed by atoms with E-state index in [1.165, 1.54) is 0 Å². The molecule has 29 heavy (non-hydrogen) atoms. The van der Waals surface area contributed by atoms with Crippen molar-refractivity contribution in [1.82, 2.24) is 15.3 Å². The summed E-state index contributed by atoms with van der Waals surface area (Å²) in [6, 6.07) is 8.56. The molecule has 4 rings (SSSR count). The Labute approximate surface area is 176 Å². The second-order valence-corrected chi connectivity index (χ2v) is 9.14. The number of thiazole rings is 1. The van der Waals surface area contributed by atoms with Crippen LogP contribution in [0.3, 0.4) is 0 Å². The molecule has 0 unspecified atom stereocenters. The molecule has 0 saturated carbocycles. The topological polar surface area (TPSA) is 79.3 Å². The van der Waals surface area contributed by atoms with Crippen molar-refractivity contribution < 1.29 is 9.84 Å². The number of aliphatic hydroxyl groups is 1. The summed E-state index contributed by atoms with van der Waals surface area (Å²) in [6.07, 6.45) is 6.01. The number of hydrogen-bond donors (Lipinski definition) is 3. The Hall–Kier alpha value is -2.22. The summed E-state index contributed by atoms with van der Waals surface area (Å²) in [4.78, 5) is 9.10. The van der Waals surface area contributed by atoms with Crippen LogP contribution < -0.4 is 15.4 Å². The fourth-order valence-corrected chi connectivity index (χ4v) is 4.00. The van der Waals surface area contributed by atoms with Crippen molar-refractivity contribution in [3.63, 3.8) is 0 Å². The number of methoxy groups -OCH3 is 1. The average molecular weight is 415 g/mol. The highest BCUT2D eigenvalue weighted by Gasteiger charge is 2.16. The van der Waals surface area contributed by atoms with Crippen LogP contribution in [0.25, 0.3) is 20.8 Å². The minimum Gasteiger partial charge on any atom is -0.497 e. The summed E-state index contributed by atoms with van der Waals surface area (Å²) in [7, 11) is 1.68. The second-order valence-electron chi connectivity index (χ2n) is 8.11. The first kappa shape index (κ1) is 21.5. The SMILES string of the molecule is CC(C)(C)O.COc1ccc2sc(-c3cnccc3NC3CCNCC3)nc2c1. The number of fused-ring (bicyclic) bond motifs is 1. The fourth-order valence-electron chi connectivity index (χ4n) is 3.03. The zero-order valence-electron chi connectivity index (χ0n) is 17.5. The predicted molar refractivity (Wildman–Crippen MR) is 121 cm³/mol. The quantitative estimate of drug-likeness (QED) is 0.590. The molecule has 1 fully saturated rings. The van der Waals surface area contributed by atoms with Gasteiger partial charge in [0, 0.05) is 30.2 Å². The molecule has 1 aliphatic heterocycles. The van der Waals surface area contributed by atoms with Gasteiger partial charge >= 0.3 is 0 Å². The lowest BCUT2D eigenvalue weighted by molar-refractivity contribution is 0.102. The molecule has 7 heteroatoms. The van der Waals surface area contributed by atoms with E-state index in [9.17, 15) is 0 Å². The second kappa shape index (κ2) is 9.52. The lowest BCUT2D eigenvalue weighted by Crippen LogP contribution is -2.35. The highest BCUT2D eigenvalue weighted by molar-refractivity contribution is 7.21. The van der Waals surface area contributed by atoms with Crippen molar-refractivity contribution in [3.05, 3.63) is 36.7 Å². The van der Waals surface area contributed by atoms with E-state index in [0.29, 0.717) is 6.04 Å². The molecule has 3 heterocycles. The summed E-state index contributed by atoms with van der Waals surface area (Å²) in [5.74, 6) is 0.832. The van der Waals surface area contributed by atoms with E-state index in [4.69, 9.17) is 14.8 Å². The van der Waals surface area contributed by atoms with Gasteiger partial charge in [-0.15, -0.1) is 11.3 Å². The van der Waals surface area contributed by atoms with Gasteiger partial charge in [0.2, 0.25) is 0 Å². The number of aromatic nitrogens is 2. The molecule has 3 N–H and O–H groups in total. The smallest absolute Gasteiger partial charge is 0.128 e. The van der Waals surface area contributed by atoms with E-state index in [1.807, 2.05) is 30.6 Å². The largest absolute Gasteiger partial charge is 0.497 e. The Balaban J connectivity index is 0.000000431. The van der Waals surface area contributed by atoms with Crippen LogP contribution in [0.15, 0.2) is 36.7 Å². The Morgan fingerprint density at radius 1 is 1.21 bits per heavy atom. The van der Waals surface area contributed by atoms with Gasteiger partial charge in [0.15, 0.2) is 0 Å². The van der Waals surface area contributed by atoms with Crippen LogP contribution in [-0.4, -0.2) is 46.9 Å². The molecule has 1 aromatic carbocycles. The van der Waals surface area contributed by atoms with E-state index in [1.54, 1.807) is 39.2 Å². The van der Waals surface area contributed by atoms with Gasteiger partial charge < -0.3 is 20.5 Å². The number of anilines is 1. The summed E-state index contributed by atoms with van der Waals surface area (Å²) < 4.78 is 6.45. The standard InChI is InChI=1S/C18H20N4OS.C4H10O/c1-23-13-2-3-17-16(10-13)22-18(24-17)14-11-20-9-6-15(14)21-12-4-7-19-8-5-12;1-4(2,3)5/h2-3,6,9-12,19H,4-5,7-8H2,1H3,(H,20,21);5H,1-3H3. The Kier molecular flexibility index (Phi) is 7.05. The Morgan fingerprint density at radius 3 is 2.62 bits per heavy atom. The molecule has 3 aromatic rings. The van der Waals surface area contributed by atoms with E-state index in [0.717, 1.165) is 58.2 Å². The summed E-state index contributed by atoms with van der Waals surface area (Å²) in [5.41, 5.74) is 2.64. The number of ether oxygens (including phenoxy) is 1. The van der Waals surface area contributed by atoms with Crippen molar-refractivity contribution in [3.8, 4) is 16.3 Å². The van der Waals surface area contributed by atoms with Gasteiger partial charge in [-0.1, -0.05) is 0 Å². The molecule has 0 amide bonds. The monoisotopic (exact) mass is 414 g/mol. The van der Waals surface area contributed by atoms with E-state index in [2.05, 4.69) is 21.7 Å². The van der Waals surface area contributed by atoms with Crippen molar-refractivity contribution >= 4 is 27.2 Å². The molecule has 1 aliphatic rings. The fraction of sp³-hybridized carbons (Fsp3) is 0.455. The molecule has 0 spiro atoms. The lowest BCUT2D eigenvalue weighted by atomic mass is 10.1. The Morgan fingerprint density at radius 2 is 1.93 bits per heavy atom. The third-order valence-corrected chi connectivity index (χ3v) is 5.41. The lowest BCUT2D eigenvalue weighted by Gasteiger charge is -2.25. The minimum atomic E-state index is -0.500. The molecule has 0 atom stereocenters. The van der Waals surface area contributed by atoms with E-state index >= 15 is 0 Å². The van der Waals surface area contributed by atoms with Gasteiger partial charge in [-0.2, -0.15) is 0 Å². The van der Waals surface area contributed by atoms with Crippen molar-refractivity contribution in [2.45, 2.75) is 45.3 Å². The van der Waals surface area contributed by atoms with Crippen LogP contribution in [0.5, 0.6) is 5.75 Å². The van der Waals surface area contributed by atoms with Crippen LogP contribution in [0.2, 0.25) is 0 Å². The highest BCUT2D eigenvalue weighted by atomic mass is 32.1. The van der Waals surface area contributed by atoms with Gasteiger partial charge in [-0.25, -0.2) is 4.98 Å². The number of nitrogens with one attached hydrogen (secondary N) is 2. The number of pyridine rings is 1. The van der Waals surface area contributed by atoms with Crippen LogP contribution in [0, 0.1) is 0 Å². The molecule has 156 valence electrons. The first-order valence-corrected chi connectivity index (χ1v) is 10.7. The Bertz CT molecular complexity index is 924. The third-order valence-electron chi connectivity index (χ3n) is 4.34. The summed E-state index contributed by atoms with van der Waals surface area (Å²) >= 11 is 1.69. The first-order chi connectivity index (χ1) is 13.8. The van der Waals surface area contributed by atoms with E-state index in [-0.39, 0.29) is 0 Å². The van der Waals surface area contributed by atoms with Crippen LogP contribution in [-0.2, 0) is 0 Å². The molecular formula is C22H30N4O2S. The molecule has 6 nitrogen and oxygen atoms in total. The van der Waals surface area contributed by atoms with Gasteiger partial charge in [-0.3, -0.25) is 4.98 Å². The summed E-state index contributed by atoms with van der Waals surface area (Å²) in [5, 5.41) is 16.6. The van der Waals surface area contributed by atoms with Gasteiger partial charge in [0.05, 0.1) is 28.5 Å². The molecular weight excluding hydrogens is 384 g/mol. The molecule has 0 bridgehead atoms. The van der Waals surface area contributed by atoms with Crippen molar-refractivity contribution in [2.75, 3.05) is 25.5 Å². The first-order valence-electron chi connectivity index (χ1n) is 9.92. The maximum absolute atomic E-state index is 8.52. The van der Waals surface area contributed by atoms with E-state index < -0.39 is 5.60 Å². The maximum atomic E-state index is 8.52.